The van der Waals surface area contributed by atoms with Crippen LogP contribution in [0.1, 0.15) is 29.3 Å². The van der Waals surface area contributed by atoms with E-state index in [0.29, 0.717) is 17.0 Å². The standard InChI is InChI=1S/C18H19NO4S/c1-12-4-7-15(8-5-12)24(21,22)19-13(2)10-18(20)16-9-6-14(23-3)11-17(16)19/h4-9,11,13H,10H2,1-3H3. The number of fused-ring (bicyclic) bond motifs is 1. The summed E-state index contributed by atoms with van der Waals surface area (Å²) in [5.41, 5.74) is 1.76. The number of sulfonamides is 1. The first-order valence-electron chi connectivity index (χ1n) is 7.67. The molecule has 0 fully saturated rings. The molecule has 1 unspecified atom stereocenters. The Morgan fingerprint density at radius 2 is 1.79 bits per heavy atom. The number of Topliss-reactive ketones (excluding diaryl/α,β-unsaturated/α-hetero) is 1. The lowest BCUT2D eigenvalue weighted by atomic mass is 9.97. The Morgan fingerprint density at radius 1 is 1.12 bits per heavy atom. The molecule has 24 heavy (non-hydrogen) atoms. The van der Waals surface area contributed by atoms with E-state index in [2.05, 4.69) is 0 Å². The van der Waals surface area contributed by atoms with E-state index in [4.69, 9.17) is 4.74 Å². The van der Waals surface area contributed by atoms with Crippen molar-refractivity contribution in [3.8, 4) is 5.75 Å². The number of anilines is 1. The lowest BCUT2D eigenvalue weighted by Crippen LogP contribution is -2.43. The van der Waals surface area contributed by atoms with Gasteiger partial charge in [0.1, 0.15) is 5.75 Å². The fourth-order valence-electron chi connectivity index (χ4n) is 2.95. The molecule has 1 aliphatic heterocycles. The van der Waals surface area contributed by atoms with Gasteiger partial charge in [0.15, 0.2) is 5.78 Å². The largest absolute Gasteiger partial charge is 0.497 e. The molecule has 1 atom stereocenters. The predicted octanol–water partition coefficient (Wildman–Crippen LogP) is 3.17. The van der Waals surface area contributed by atoms with Crippen molar-refractivity contribution in [2.45, 2.75) is 31.2 Å². The summed E-state index contributed by atoms with van der Waals surface area (Å²) in [4.78, 5) is 12.5. The highest BCUT2D eigenvalue weighted by Gasteiger charge is 2.37. The minimum absolute atomic E-state index is 0.0597. The molecule has 0 amide bonds. The molecule has 0 N–H and O–H groups in total. The second kappa shape index (κ2) is 5.94. The second-order valence-corrected chi connectivity index (χ2v) is 7.79. The third-order valence-electron chi connectivity index (χ3n) is 4.20. The number of benzene rings is 2. The van der Waals surface area contributed by atoms with Crippen LogP contribution in [0.4, 0.5) is 5.69 Å². The fourth-order valence-corrected chi connectivity index (χ4v) is 4.61. The molecule has 0 spiro atoms. The number of nitrogens with zero attached hydrogens (tertiary/aromatic N) is 1. The number of rotatable bonds is 3. The number of hydrogen-bond donors (Lipinski definition) is 0. The third kappa shape index (κ3) is 2.67. The van der Waals surface area contributed by atoms with Crippen molar-refractivity contribution in [2.75, 3.05) is 11.4 Å². The van der Waals surface area contributed by atoms with E-state index in [-0.39, 0.29) is 17.1 Å². The average Bonchev–Trinajstić information content (AvgIpc) is 2.54. The molecular formula is C18H19NO4S. The highest BCUT2D eigenvalue weighted by atomic mass is 32.2. The van der Waals surface area contributed by atoms with Crippen LogP contribution in [0, 0.1) is 6.92 Å². The Labute approximate surface area is 141 Å². The van der Waals surface area contributed by atoms with Gasteiger partial charge in [-0.1, -0.05) is 17.7 Å². The number of aryl methyl sites for hydroxylation is 1. The first-order chi connectivity index (χ1) is 11.3. The summed E-state index contributed by atoms with van der Waals surface area (Å²) in [5, 5.41) is 0. The lowest BCUT2D eigenvalue weighted by Gasteiger charge is -2.35. The molecule has 0 radical (unpaired) electrons. The minimum Gasteiger partial charge on any atom is -0.497 e. The summed E-state index contributed by atoms with van der Waals surface area (Å²) in [6.45, 7) is 3.64. The maximum absolute atomic E-state index is 13.2. The van der Waals surface area contributed by atoms with Gasteiger partial charge in [0.25, 0.3) is 10.0 Å². The van der Waals surface area contributed by atoms with Crippen LogP contribution < -0.4 is 9.04 Å². The van der Waals surface area contributed by atoms with E-state index in [1.165, 1.54) is 11.4 Å². The molecule has 2 aromatic carbocycles. The first-order valence-corrected chi connectivity index (χ1v) is 9.11. The monoisotopic (exact) mass is 345 g/mol. The van der Waals surface area contributed by atoms with Gasteiger partial charge in [-0.15, -0.1) is 0 Å². The van der Waals surface area contributed by atoms with Crippen LogP contribution in [0.15, 0.2) is 47.4 Å². The molecule has 3 rings (SSSR count). The van der Waals surface area contributed by atoms with E-state index in [0.717, 1.165) is 5.56 Å². The van der Waals surface area contributed by atoms with Crippen LogP contribution >= 0.6 is 0 Å². The summed E-state index contributed by atoms with van der Waals surface area (Å²) in [7, 11) is -2.26. The number of ether oxygens (including phenoxy) is 1. The lowest BCUT2D eigenvalue weighted by molar-refractivity contribution is 0.0972. The minimum atomic E-state index is -3.76. The number of methoxy groups -OCH3 is 1. The molecule has 5 nitrogen and oxygen atoms in total. The van der Waals surface area contributed by atoms with Gasteiger partial charge in [0, 0.05) is 24.1 Å². The smallest absolute Gasteiger partial charge is 0.264 e. The molecule has 0 saturated carbocycles. The van der Waals surface area contributed by atoms with Gasteiger partial charge < -0.3 is 4.74 Å². The third-order valence-corrected chi connectivity index (χ3v) is 6.14. The molecule has 0 aromatic heterocycles. The molecule has 0 saturated heterocycles. The maximum atomic E-state index is 13.2. The van der Waals surface area contributed by atoms with Crippen molar-refractivity contribution in [2.24, 2.45) is 0 Å². The van der Waals surface area contributed by atoms with Gasteiger partial charge in [0.2, 0.25) is 0 Å². The maximum Gasteiger partial charge on any atom is 0.264 e. The summed E-state index contributed by atoms with van der Waals surface area (Å²) < 4.78 is 32.8. The summed E-state index contributed by atoms with van der Waals surface area (Å²) in [6, 6.07) is 11.2. The molecule has 0 aliphatic carbocycles. The zero-order chi connectivity index (χ0) is 17.5. The van der Waals surface area contributed by atoms with Gasteiger partial charge in [-0.25, -0.2) is 8.42 Å². The molecule has 2 aromatic rings. The summed E-state index contributed by atoms with van der Waals surface area (Å²) >= 11 is 0. The summed E-state index contributed by atoms with van der Waals surface area (Å²) in [6.07, 6.45) is 0.157. The average molecular weight is 345 g/mol. The molecule has 1 heterocycles. The van der Waals surface area contributed by atoms with Crippen LogP contribution in [0.25, 0.3) is 0 Å². The zero-order valence-corrected chi connectivity index (χ0v) is 14.6. The van der Waals surface area contributed by atoms with Crippen molar-refractivity contribution < 1.29 is 17.9 Å². The zero-order valence-electron chi connectivity index (χ0n) is 13.8. The Morgan fingerprint density at radius 3 is 2.42 bits per heavy atom. The molecule has 1 aliphatic rings. The van der Waals surface area contributed by atoms with Gasteiger partial charge in [-0.2, -0.15) is 0 Å². The SMILES string of the molecule is COc1ccc2c(c1)N(S(=O)(=O)c1ccc(C)cc1)C(C)CC2=O. The Hall–Kier alpha value is -2.34. The highest BCUT2D eigenvalue weighted by molar-refractivity contribution is 7.92. The Kier molecular flexibility index (Phi) is 4.09. The van der Waals surface area contributed by atoms with Crippen molar-refractivity contribution in [3.63, 3.8) is 0 Å². The van der Waals surface area contributed by atoms with Gasteiger partial charge >= 0.3 is 0 Å². The normalized spacial score (nSPS) is 17.5. The van der Waals surface area contributed by atoms with E-state index in [1.54, 1.807) is 49.4 Å². The van der Waals surface area contributed by atoms with Crippen molar-refractivity contribution >= 4 is 21.5 Å². The van der Waals surface area contributed by atoms with E-state index in [1.807, 2.05) is 6.92 Å². The number of carbonyl (C=O) groups is 1. The van der Waals surface area contributed by atoms with Crippen molar-refractivity contribution in [1.82, 2.24) is 0 Å². The van der Waals surface area contributed by atoms with Gasteiger partial charge in [0.05, 0.1) is 17.7 Å². The van der Waals surface area contributed by atoms with Gasteiger partial charge in [-0.05, 0) is 38.1 Å². The van der Waals surface area contributed by atoms with Crippen molar-refractivity contribution in [1.29, 1.82) is 0 Å². The number of carbonyl (C=O) groups excluding carboxylic acids is 1. The van der Waals surface area contributed by atoms with Crippen LogP contribution in [-0.2, 0) is 10.0 Å². The van der Waals surface area contributed by atoms with Crippen LogP contribution in [0.2, 0.25) is 0 Å². The van der Waals surface area contributed by atoms with Crippen LogP contribution in [0.3, 0.4) is 0 Å². The van der Waals surface area contributed by atoms with E-state index >= 15 is 0 Å². The van der Waals surface area contributed by atoms with Crippen LogP contribution in [0.5, 0.6) is 5.75 Å². The highest BCUT2D eigenvalue weighted by Crippen LogP contribution is 2.37. The summed E-state index contributed by atoms with van der Waals surface area (Å²) in [5.74, 6) is 0.454. The van der Waals surface area contributed by atoms with E-state index < -0.39 is 16.1 Å². The second-order valence-electron chi connectivity index (χ2n) is 5.97. The van der Waals surface area contributed by atoms with E-state index in [9.17, 15) is 13.2 Å². The molecule has 0 bridgehead atoms. The molecule has 6 heteroatoms. The number of hydrogen-bond acceptors (Lipinski definition) is 4. The van der Waals surface area contributed by atoms with Gasteiger partial charge in [-0.3, -0.25) is 9.10 Å². The first kappa shape index (κ1) is 16.5. The fraction of sp³-hybridized carbons (Fsp3) is 0.278. The quantitative estimate of drug-likeness (QED) is 0.857. The molecular weight excluding hydrogens is 326 g/mol. The predicted molar refractivity (Wildman–Crippen MR) is 92.2 cm³/mol. The Bertz CT molecular complexity index is 888. The molecule has 126 valence electrons. The Balaban J connectivity index is 2.18. The topological polar surface area (TPSA) is 63.7 Å². The van der Waals surface area contributed by atoms with Crippen LogP contribution in [-0.4, -0.2) is 27.4 Å². The van der Waals surface area contributed by atoms with Crippen molar-refractivity contribution in [3.05, 3.63) is 53.6 Å². The number of ketones is 1.